The minimum atomic E-state index is -0.0137. The molecule has 0 saturated carbocycles. The van der Waals surface area contributed by atoms with Crippen LogP contribution >= 0.6 is 0 Å². The van der Waals surface area contributed by atoms with E-state index in [1.165, 1.54) is 32.4 Å². The van der Waals surface area contributed by atoms with Gasteiger partial charge in [0.15, 0.2) is 0 Å². The number of aromatic nitrogens is 1. The molecule has 0 bridgehead atoms. The Balaban J connectivity index is 1.33. The maximum Gasteiger partial charge on any atom is 0.227 e. The van der Waals surface area contributed by atoms with Crippen LogP contribution in [0.4, 0.5) is 0 Å². The molecule has 3 aliphatic heterocycles. The summed E-state index contributed by atoms with van der Waals surface area (Å²) in [7, 11) is 0. The third-order valence-corrected chi connectivity index (χ3v) is 6.91. The normalized spacial score (nSPS) is 26.4. The van der Waals surface area contributed by atoms with Crippen LogP contribution in [0.25, 0.3) is 0 Å². The fraction of sp³-hybridized carbons (Fsp3) is 0.810. The zero-order valence-electron chi connectivity index (χ0n) is 16.8. The molecule has 4 rings (SSSR count). The van der Waals surface area contributed by atoms with E-state index in [4.69, 9.17) is 9.26 Å². The number of aryl methyl sites for hydroxylation is 2. The minimum Gasteiger partial charge on any atom is -0.375 e. The molecule has 0 aromatic carbocycles. The molecular formula is C21H33N3O3. The van der Waals surface area contributed by atoms with Gasteiger partial charge in [-0.2, -0.15) is 0 Å². The minimum absolute atomic E-state index is 0.0137. The number of carbonyl (C=O) groups is 1. The van der Waals surface area contributed by atoms with E-state index in [2.05, 4.69) is 10.1 Å². The van der Waals surface area contributed by atoms with Gasteiger partial charge in [0.25, 0.3) is 0 Å². The highest BCUT2D eigenvalue weighted by Crippen LogP contribution is 2.37. The Morgan fingerprint density at radius 3 is 2.56 bits per heavy atom. The predicted molar refractivity (Wildman–Crippen MR) is 103 cm³/mol. The Labute approximate surface area is 162 Å². The molecule has 0 aliphatic carbocycles. The van der Waals surface area contributed by atoms with Crippen molar-refractivity contribution in [2.45, 2.75) is 76.9 Å². The van der Waals surface area contributed by atoms with Gasteiger partial charge < -0.3 is 19.1 Å². The number of carbonyl (C=O) groups excluding carboxylic acids is 1. The van der Waals surface area contributed by atoms with Crippen molar-refractivity contribution in [3.05, 3.63) is 17.0 Å². The number of piperidine rings is 2. The molecule has 1 spiro atoms. The Hall–Kier alpha value is -1.40. The standard InChI is InChI=1S/C21H33N3O3/c1-16-19(17(2)27-22-16)14-20(25)24-11-7-21(8-12-24)15-18(6-13-26-21)23-9-4-3-5-10-23/h18H,3-15H2,1-2H3. The van der Waals surface area contributed by atoms with Crippen LogP contribution in [0.15, 0.2) is 4.52 Å². The SMILES string of the molecule is Cc1noc(C)c1CC(=O)N1CCC2(CC1)CC(N1CCCCC1)CCO2. The van der Waals surface area contributed by atoms with Crippen LogP contribution in [-0.2, 0) is 16.0 Å². The summed E-state index contributed by atoms with van der Waals surface area (Å²) in [6.07, 6.45) is 8.69. The number of hydrogen-bond donors (Lipinski definition) is 0. The van der Waals surface area contributed by atoms with Gasteiger partial charge in [0.2, 0.25) is 5.91 Å². The average Bonchev–Trinajstić information content (AvgIpc) is 3.01. The molecular weight excluding hydrogens is 342 g/mol. The molecule has 0 radical (unpaired) electrons. The summed E-state index contributed by atoms with van der Waals surface area (Å²) in [6, 6.07) is 0.670. The monoisotopic (exact) mass is 375 g/mol. The van der Waals surface area contributed by atoms with Gasteiger partial charge >= 0.3 is 0 Å². The largest absolute Gasteiger partial charge is 0.375 e. The van der Waals surface area contributed by atoms with Gasteiger partial charge in [-0.15, -0.1) is 0 Å². The van der Waals surface area contributed by atoms with E-state index < -0.39 is 0 Å². The van der Waals surface area contributed by atoms with Crippen LogP contribution in [0.3, 0.4) is 0 Å². The quantitative estimate of drug-likeness (QED) is 0.813. The van der Waals surface area contributed by atoms with E-state index in [1.807, 2.05) is 18.7 Å². The molecule has 3 aliphatic rings. The van der Waals surface area contributed by atoms with Crippen molar-refractivity contribution in [3.63, 3.8) is 0 Å². The lowest BCUT2D eigenvalue weighted by molar-refractivity contribution is -0.149. The molecule has 1 aromatic heterocycles. The van der Waals surface area contributed by atoms with E-state index in [-0.39, 0.29) is 11.5 Å². The highest BCUT2D eigenvalue weighted by atomic mass is 16.5. The van der Waals surface area contributed by atoms with Gasteiger partial charge in [-0.05, 0) is 65.5 Å². The van der Waals surface area contributed by atoms with Gasteiger partial charge in [-0.1, -0.05) is 11.6 Å². The van der Waals surface area contributed by atoms with Crippen molar-refractivity contribution in [2.24, 2.45) is 0 Å². The molecule has 1 atom stereocenters. The molecule has 1 amide bonds. The Morgan fingerprint density at radius 1 is 1.15 bits per heavy atom. The summed E-state index contributed by atoms with van der Waals surface area (Å²) >= 11 is 0. The van der Waals surface area contributed by atoms with Crippen LogP contribution in [0, 0.1) is 13.8 Å². The van der Waals surface area contributed by atoms with Crippen molar-refractivity contribution in [2.75, 3.05) is 32.8 Å². The van der Waals surface area contributed by atoms with Crippen LogP contribution in [-0.4, -0.2) is 65.3 Å². The molecule has 6 heteroatoms. The van der Waals surface area contributed by atoms with Crippen molar-refractivity contribution < 1.29 is 14.1 Å². The van der Waals surface area contributed by atoms with E-state index in [9.17, 15) is 4.79 Å². The topological polar surface area (TPSA) is 58.8 Å². The third kappa shape index (κ3) is 4.06. The smallest absolute Gasteiger partial charge is 0.227 e. The number of nitrogens with zero attached hydrogens (tertiary/aromatic N) is 3. The van der Waals surface area contributed by atoms with E-state index >= 15 is 0 Å². The Bertz CT molecular complexity index is 638. The van der Waals surface area contributed by atoms with Crippen LogP contribution in [0.5, 0.6) is 0 Å². The van der Waals surface area contributed by atoms with Crippen LogP contribution in [0.1, 0.15) is 62.0 Å². The highest BCUT2D eigenvalue weighted by Gasteiger charge is 2.42. The zero-order valence-corrected chi connectivity index (χ0v) is 16.8. The first-order chi connectivity index (χ1) is 13.1. The van der Waals surface area contributed by atoms with Crippen LogP contribution < -0.4 is 0 Å². The molecule has 1 aromatic rings. The second-order valence-corrected chi connectivity index (χ2v) is 8.64. The summed E-state index contributed by atoms with van der Waals surface area (Å²) in [6.45, 7) is 8.76. The molecule has 3 fully saturated rings. The Kier molecular flexibility index (Phi) is 5.55. The zero-order chi connectivity index (χ0) is 18.9. The number of amides is 1. The molecule has 4 heterocycles. The first-order valence-corrected chi connectivity index (χ1v) is 10.6. The first-order valence-electron chi connectivity index (χ1n) is 10.6. The fourth-order valence-electron chi connectivity index (χ4n) is 5.13. The third-order valence-electron chi connectivity index (χ3n) is 6.91. The molecule has 150 valence electrons. The van der Waals surface area contributed by atoms with Gasteiger partial charge in [0, 0.05) is 31.3 Å². The fourth-order valence-corrected chi connectivity index (χ4v) is 5.13. The van der Waals surface area contributed by atoms with Gasteiger partial charge in [0.05, 0.1) is 17.7 Å². The lowest BCUT2D eigenvalue weighted by Gasteiger charge is -2.49. The molecule has 1 unspecified atom stereocenters. The summed E-state index contributed by atoms with van der Waals surface area (Å²) in [4.78, 5) is 17.5. The van der Waals surface area contributed by atoms with Gasteiger partial charge in [-0.25, -0.2) is 0 Å². The maximum atomic E-state index is 12.8. The average molecular weight is 376 g/mol. The van der Waals surface area contributed by atoms with Crippen LogP contribution in [0.2, 0.25) is 0 Å². The number of rotatable bonds is 3. The van der Waals surface area contributed by atoms with Crippen molar-refractivity contribution in [3.8, 4) is 0 Å². The first kappa shape index (κ1) is 18.9. The Morgan fingerprint density at radius 2 is 1.89 bits per heavy atom. The summed E-state index contributed by atoms with van der Waals surface area (Å²) in [5, 5.41) is 3.96. The number of likely N-dealkylation sites (tertiary alicyclic amines) is 2. The second-order valence-electron chi connectivity index (χ2n) is 8.64. The van der Waals surface area contributed by atoms with Crippen molar-refractivity contribution in [1.82, 2.24) is 15.0 Å². The molecule has 27 heavy (non-hydrogen) atoms. The van der Waals surface area contributed by atoms with E-state index in [0.29, 0.717) is 12.5 Å². The lowest BCUT2D eigenvalue weighted by atomic mass is 9.81. The van der Waals surface area contributed by atoms with Gasteiger partial charge in [-0.3, -0.25) is 4.79 Å². The lowest BCUT2D eigenvalue weighted by Crippen LogP contribution is -2.55. The molecule has 0 N–H and O–H groups in total. The maximum absolute atomic E-state index is 12.8. The molecule has 3 saturated heterocycles. The number of hydrogen-bond acceptors (Lipinski definition) is 5. The highest BCUT2D eigenvalue weighted by molar-refractivity contribution is 5.79. The second kappa shape index (κ2) is 7.92. The van der Waals surface area contributed by atoms with E-state index in [1.54, 1.807) is 0 Å². The van der Waals surface area contributed by atoms with Crippen molar-refractivity contribution in [1.29, 1.82) is 0 Å². The van der Waals surface area contributed by atoms with Gasteiger partial charge in [0.1, 0.15) is 5.76 Å². The van der Waals surface area contributed by atoms with E-state index in [0.717, 1.165) is 62.4 Å². The summed E-state index contributed by atoms with van der Waals surface area (Å²) in [5.74, 6) is 0.942. The summed E-state index contributed by atoms with van der Waals surface area (Å²) < 4.78 is 11.5. The van der Waals surface area contributed by atoms with Crippen molar-refractivity contribution >= 4 is 5.91 Å². The number of ether oxygens (including phenoxy) is 1. The summed E-state index contributed by atoms with van der Waals surface area (Å²) in [5.41, 5.74) is 1.76. The predicted octanol–water partition coefficient (Wildman–Crippen LogP) is 2.86. The molecule has 6 nitrogen and oxygen atoms in total.